The van der Waals surface area contributed by atoms with Crippen LogP contribution in [0.1, 0.15) is 59.6 Å². The van der Waals surface area contributed by atoms with Crippen LogP contribution >= 0.6 is 0 Å². The first kappa shape index (κ1) is 22.7. The maximum absolute atomic E-state index is 10.9. The van der Waals surface area contributed by atoms with E-state index in [1.807, 2.05) is 64.1 Å². The van der Waals surface area contributed by atoms with E-state index < -0.39 is 0 Å². The highest BCUT2D eigenvalue weighted by Crippen LogP contribution is 2.33. The van der Waals surface area contributed by atoms with Crippen molar-refractivity contribution in [2.75, 3.05) is 7.11 Å². The van der Waals surface area contributed by atoms with Gasteiger partial charge in [0, 0.05) is 12.3 Å². The third-order valence-electron chi connectivity index (χ3n) is 3.65. The van der Waals surface area contributed by atoms with Crippen LogP contribution in [-0.2, 0) is 10.2 Å². The van der Waals surface area contributed by atoms with Crippen LogP contribution in [-0.4, -0.2) is 13.1 Å². The van der Waals surface area contributed by atoms with Gasteiger partial charge in [0.15, 0.2) is 0 Å². The molecule has 0 heterocycles. The summed E-state index contributed by atoms with van der Waals surface area (Å²) in [5, 5.41) is 0. The highest BCUT2D eigenvalue weighted by molar-refractivity contribution is 5.69. The molecule has 2 aromatic carbocycles. The molecule has 138 valence electrons. The van der Waals surface area contributed by atoms with E-state index in [9.17, 15) is 4.79 Å². The molecule has 0 amide bonds. The summed E-state index contributed by atoms with van der Waals surface area (Å²) in [6.45, 7) is 13.7. The van der Waals surface area contributed by atoms with Crippen LogP contribution in [0.2, 0.25) is 0 Å². The number of methoxy groups -OCH3 is 1. The molecule has 0 aromatic heterocycles. The van der Waals surface area contributed by atoms with Gasteiger partial charge in [-0.15, -0.1) is 0 Å². The zero-order valence-electron chi connectivity index (χ0n) is 16.8. The Kier molecular flexibility index (Phi) is 10.3. The van der Waals surface area contributed by atoms with Gasteiger partial charge >= 0.3 is 5.97 Å². The van der Waals surface area contributed by atoms with Gasteiger partial charge in [-0.1, -0.05) is 65.8 Å². The SMILES string of the molecule is CC.CC.COc1ccc(C(C)(C)c2ccc(OC(C)=O)cc2)cc1. The maximum atomic E-state index is 10.9. The molecular weight excluding hydrogens is 312 g/mol. The first-order valence-electron chi connectivity index (χ1n) is 8.87. The Morgan fingerprint density at radius 3 is 1.44 bits per heavy atom. The van der Waals surface area contributed by atoms with Crippen LogP contribution in [0.15, 0.2) is 48.5 Å². The summed E-state index contributed by atoms with van der Waals surface area (Å²) in [6.07, 6.45) is 0. The summed E-state index contributed by atoms with van der Waals surface area (Å²) < 4.78 is 10.3. The second kappa shape index (κ2) is 11.3. The number of ether oxygens (including phenoxy) is 2. The molecule has 0 unspecified atom stereocenters. The molecule has 0 N–H and O–H groups in total. The largest absolute Gasteiger partial charge is 0.497 e. The van der Waals surface area contributed by atoms with E-state index in [0.717, 1.165) is 11.3 Å². The maximum Gasteiger partial charge on any atom is 0.308 e. The molecule has 2 rings (SSSR count). The van der Waals surface area contributed by atoms with E-state index in [4.69, 9.17) is 9.47 Å². The summed E-state index contributed by atoms with van der Waals surface area (Å²) >= 11 is 0. The minimum absolute atomic E-state index is 0.138. The molecule has 0 saturated carbocycles. The minimum Gasteiger partial charge on any atom is -0.497 e. The van der Waals surface area contributed by atoms with E-state index >= 15 is 0 Å². The van der Waals surface area contributed by atoms with Crippen molar-refractivity contribution in [3.8, 4) is 11.5 Å². The van der Waals surface area contributed by atoms with E-state index in [1.54, 1.807) is 7.11 Å². The van der Waals surface area contributed by atoms with E-state index in [-0.39, 0.29) is 11.4 Å². The average Bonchev–Trinajstić information content (AvgIpc) is 2.65. The number of hydrogen-bond donors (Lipinski definition) is 0. The van der Waals surface area contributed by atoms with Crippen LogP contribution < -0.4 is 9.47 Å². The van der Waals surface area contributed by atoms with Crippen LogP contribution in [0.25, 0.3) is 0 Å². The molecule has 0 aliphatic carbocycles. The molecule has 0 aliphatic rings. The molecule has 3 heteroatoms. The van der Waals surface area contributed by atoms with E-state index in [2.05, 4.69) is 26.0 Å². The Labute approximate surface area is 153 Å². The van der Waals surface area contributed by atoms with Crippen LogP contribution in [0.4, 0.5) is 0 Å². The lowest BCUT2D eigenvalue weighted by Crippen LogP contribution is -2.18. The van der Waals surface area contributed by atoms with Gasteiger partial charge in [0.25, 0.3) is 0 Å². The number of carbonyl (C=O) groups is 1. The van der Waals surface area contributed by atoms with Gasteiger partial charge < -0.3 is 9.47 Å². The van der Waals surface area contributed by atoms with Crippen molar-refractivity contribution in [3.05, 3.63) is 59.7 Å². The Morgan fingerprint density at radius 2 is 1.12 bits per heavy atom. The normalized spacial score (nSPS) is 9.76. The summed E-state index contributed by atoms with van der Waals surface area (Å²) in [4.78, 5) is 10.9. The first-order chi connectivity index (χ1) is 11.9. The fourth-order valence-electron chi connectivity index (χ4n) is 2.28. The molecule has 0 bridgehead atoms. The minimum atomic E-state index is -0.308. The predicted octanol–water partition coefficient (Wildman–Crippen LogP) is 6.00. The molecule has 0 fully saturated rings. The number of rotatable bonds is 4. The molecule has 3 nitrogen and oxygen atoms in total. The monoisotopic (exact) mass is 344 g/mol. The summed E-state index contributed by atoms with van der Waals surface area (Å²) in [5.74, 6) is 1.11. The Balaban J connectivity index is 0.00000134. The van der Waals surface area contributed by atoms with Crippen molar-refractivity contribution >= 4 is 5.97 Å². The topological polar surface area (TPSA) is 35.5 Å². The van der Waals surface area contributed by atoms with Gasteiger partial charge in [-0.3, -0.25) is 4.79 Å². The lowest BCUT2D eigenvalue weighted by molar-refractivity contribution is -0.131. The number of carbonyl (C=O) groups excluding carboxylic acids is 1. The van der Waals surface area contributed by atoms with Gasteiger partial charge in [-0.25, -0.2) is 0 Å². The fraction of sp³-hybridized carbons (Fsp3) is 0.409. The molecule has 0 aliphatic heterocycles. The highest BCUT2D eigenvalue weighted by Gasteiger charge is 2.23. The fourth-order valence-corrected chi connectivity index (χ4v) is 2.28. The lowest BCUT2D eigenvalue weighted by atomic mass is 9.78. The first-order valence-corrected chi connectivity index (χ1v) is 8.87. The highest BCUT2D eigenvalue weighted by atomic mass is 16.5. The molecule has 0 atom stereocenters. The second-order valence-electron chi connectivity index (χ2n) is 5.47. The molecule has 25 heavy (non-hydrogen) atoms. The number of benzene rings is 2. The van der Waals surface area contributed by atoms with Gasteiger partial charge in [0.2, 0.25) is 0 Å². The van der Waals surface area contributed by atoms with Crippen LogP contribution in [0.5, 0.6) is 11.5 Å². The third-order valence-corrected chi connectivity index (χ3v) is 3.65. The van der Waals surface area contributed by atoms with Crippen molar-refractivity contribution in [1.29, 1.82) is 0 Å². The van der Waals surface area contributed by atoms with E-state index in [0.29, 0.717) is 5.75 Å². The number of esters is 1. The van der Waals surface area contributed by atoms with Gasteiger partial charge in [0.05, 0.1) is 7.11 Å². The Bertz CT molecular complexity index is 611. The van der Waals surface area contributed by atoms with Gasteiger partial charge in [-0.2, -0.15) is 0 Å². The Hall–Kier alpha value is -2.29. The average molecular weight is 344 g/mol. The molecular formula is C22H32O3. The second-order valence-corrected chi connectivity index (χ2v) is 5.47. The smallest absolute Gasteiger partial charge is 0.308 e. The van der Waals surface area contributed by atoms with Crippen molar-refractivity contribution in [2.45, 2.75) is 53.9 Å². The van der Waals surface area contributed by atoms with Gasteiger partial charge in [-0.05, 0) is 35.4 Å². The quantitative estimate of drug-likeness (QED) is 0.504. The lowest BCUT2D eigenvalue weighted by Gasteiger charge is -2.26. The van der Waals surface area contributed by atoms with Crippen molar-refractivity contribution in [2.24, 2.45) is 0 Å². The Morgan fingerprint density at radius 1 is 0.760 bits per heavy atom. The molecule has 0 radical (unpaired) electrons. The summed E-state index contributed by atoms with van der Waals surface area (Å²) in [6, 6.07) is 15.7. The van der Waals surface area contributed by atoms with Crippen LogP contribution in [0, 0.1) is 0 Å². The number of hydrogen-bond acceptors (Lipinski definition) is 3. The van der Waals surface area contributed by atoms with Crippen molar-refractivity contribution in [1.82, 2.24) is 0 Å². The standard InChI is InChI=1S/C18H20O3.2C2H6/c1-13(19)21-17-11-7-15(8-12-17)18(2,3)14-5-9-16(20-4)10-6-14;2*1-2/h5-12H,1-4H3;2*1-2H3. The van der Waals surface area contributed by atoms with Crippen molar-refractivity contribution < 1.29 is 14.3 Å². The predicted molar refractivity (Wildman–Crippen MR) is 106 cm³/mol. The molecule has 0 saturated heterocycles. The summed E-state index contributed by atoms with van der Waals surface area (Å²) in [5.41, 5.74) is 2.22. The molecule has 0 spiro atoms. The van der Waals surface area contributed by atoms with E-state index in [1.165, 1.54) is 12.5 Å². The summed E-state index contributed by atoms with van der Waals surface area (Å²) in [7, 11) is 1.66. The van der Waals surface area contributed by atoms with Crippen molar-refractivity contribution in [3.63, 3.8) is 0 Å². The molecule has 2 aromatic rings. The zero-order chi connectivity index (χ0) is 19.5. The van der Waals surface area contributed by atoms with Crippen LogP contribution in [0.3, 0.4) is 0 Å². The van der Waals surface area contributed by atoms with Gasteiger partial charge in [0.1, 0.15) is 11.5 Å². The third kappa shape index (κ3) is 6.61. The zero-order valence-corrected chi connectivity index (χ0v) is 16.8.